The monoisotopic (exact) mass is 359 g/mol. The van der Waals surface area contributed by atoms with Crippen molar-refractivity contribution >= 4 is 11.6 Å². The first kappa shape index (κ1) is 18.7. The second-order valence-electron chi connectivity index (χ2n) is 6.60. The summed E-state index contributed by atoms with van der Waals surface area (Å²) in [6, 6.07) is 24.0. The number of para-hydroxylation sites is 1. The molecule has 0 radical (unpaired) electrons. The van der Waals surface area contributed by atoms with Crippen molar-refractivity contribution in [1.29, 1.82) is 0 Å². The number of carbonyl (C=O) groups excluding carboxylic acids is 1. The molecule has 0 aliphatic carbocycles. The molecule has 3 aromatic rings. The van der Waals surface area contributed by atoms with Crippen LogP contribution in [0.1, 0.15) is 25.0 Å². The third-order valence-electron chi connectivity index (χ3n) is 4.63. The van der Waals surface area contributed by atoms with Gasteiger partial charge in [0.15, 0.2) is 6.10 Å². The van der Waals surface area contributed by atoms with E-state index in [0.717, 1.165) is 34.4 Å². The fraction of sp³-hybridized carbons (Fsp3) is 0.208. The van der Waals surface area contributed by atoms with Gasteiger partial charge >= 0.3 is 0 Å². The molecule has 3 rings (SSSR count). The number of anilines is 1. The molecule has 1 atom stereocenters. The van der Waals surface area contributed by atoms with Gasteiger partial charge in [-0.1, -0.05) is 67.6 Å². The number of rotatable bonds is 6. The van der Waals surface area contributed by atoms with Crippen LogP contribution in [0.3, 0.4) is 0 Å². The standard InChI is InChI=1S/C24H25NO2/c1-4-19-12-8-9-17(2)23(19)25-24(26)18(3)27-22-15-13-21(14-16-22)20-10-6-5-7-11-20/h5-16,18H,4H2,1-3H3,(H,25,26)/t18-/m0/s1. The third kappa shape index (κ3) is 4.56. The Morgan fingerprint density at radius 1 is 0.926 bits per heavy atom. The molecule has 0 fully saturated rings. The maximum absolute atomic E-state index is 12.6. The lowest BCUT2D eigenvalue weighted by molar-refractivity contribution is -0.122. The number of ether oxygens (including phenoxy) is 1. The van der Waals surface area contributed by atoms with Crippen LogP contribution in [-0.2, 0) is 11.2 Å². The van der Waals surface area contributed by atoms with Gasteiger partial charge in [-0.3, -0.25) is 4.79 Å². The van der Waals surface area contributed by atoms with E-state index in [4.69, 9.17) is 4.74 Å². The summed E-state index contributed by atoms with van der Waals surface area (Å²) in [6.45, 7) is 5.85. The molecule has 1 N–H and O–H groups in total. The predicted octanol–water partition coefficient (Wildman–Crippen LogP) is 5.63. The van der Waals surface area contributed by atoms with Gasteiger partial charge < -0.3 is 10.1 Å². The summed E-state index contributed by atoms with van der Waals surface area (Å²) >= 11 is 0. The average Bonchev–Trinajstić information content (AvgIpc) is 2.70. The van der Waals surface area contributed by atoms with Gasteiger partial charge in [-0.2, -0.15) is 0 Å². The Labute approximate surface area is 161 Å². The van der Waals surface area contributed by atoms with Crippen LogP contribution >= 0.6 is 0 Å². The third-order valence-corrected chi connectivity index (χ3v) is 4.63. The summed E-state index contributed by atoms with van der Waals surface area (Å²) in [7, 11) is 0. The minimum Gasteiger partial charge on any atom is -0.481 e. The number of hydrogen-bond donors (Lipinski definition) is 1. The zero-order valence-corrected chi connectivity index (χ0v) is 16.0. The van der Waals surface area contributed by atoms with Gasteiger partial charge in [-0.05, 0) is 54.7 Å². The van der Waals surface area contributed by atoms with Crippen LogP contribution < -0.4 is 10.1 Å². The van der Waals surface area contributed by atoms with Crippen LogP contribution in [0.15, 0.2) is 72.8 Å². The first-order chi connectivity index (χ1) is 13.1. The number of carbonyl (C=O) groups is 1. The van der Waals surface area contributed by atoms with Crippen molar-refractivity contribution in [1.82, 2.24) is 0 Å². The number of hydrogen-bond acceptors (Lipinski definition) is 2. The summed E-state index contributed by atoms with van der Waals surface area (Å²) in [5, 5.41) is 3.02. The predicted molar refractivity (Wildman–Crippen MR) is 111 cm³/mol. The van der Waals surface area contributed by atoms with E-state index in [1.807, 2.05) is 67.6 Å². The molecule has 3 aromatic carbocycles. The van der Waals surface area contributed by atoms with E-state index in [2.05, 4.69) is 24.4 Å². The summed E-state index contributed by atoms with van der Waals surface area (Å²) < 4.78 is 5.84. The maximum atomic E-state index is 12.6. The van der Waals surface area contributed by atoms with Crippen molar-refractivity contribution in [2.24, 2.45) is 0 Å². The van der Waals surface area contributed by atoms with Gasteiger partial charge in [0.25, 0.3) is 5.91 Å². The van der Waals surface area contributed by atoms with E-state index < -0.39 is 6.10 Å². The van der Waals surface area contributed by atoms with Crippen LogP contribution in [-0.4, -0.2) is 12.0 Å². The smallest absolute Gasteiger partial charge is 0.265 e. The minimum absolute atomic E-state index is 0.147. The molecule has 138 valence electrons. The molecule has 0 aliphatic heterocycles. The van der Waals surface area contributed by atoms with Gasteiger partial charge in [-0.25, -0.2) is 0 Å². The van der Waals surface area contributed by atoms with Crippen LogP contribution in [0, 0.1) is 6.92 Å². The second kappa shape index (κ2) is 8.54. The lowest BCUT2D eigenvalue weighted by Crippen LogP contribution is -2.30. The molecule has 1 amide bonds. The molecule has 27 heavy (non-hydrogen) atoms. The topological polar surface area (TPSA) is 38.3 Å². The number of amides is 1. The van der Waals surface area contributed by atoms with Crippen LogP contribution in [0.2, 0.25) is 0 Å². The summed E-state index contributed by atoms with van der Waals surface area (Å²) in [6.07, 6.45) is 0.282. The summed E-state index contributed by atoms with van der Waals surface area (Å²) in [4.78, 5) is 12.6. The number of benzene rings is 3. The van der Waals surface area contributed by atoms with Gasteiger partial charge in [0.2, 0.25) is 0 Å². The van der Waals surface area contributed by atoms with Crippen LogP contribution in [0.5, 0.6) is 5.75 Å². The highest BCUT2D eigenvalue weighted by Gasteiger charge is 2.17. The van der Waals surface area contributed by atoms with Crippen LogP contribution in [0.25, 0.3) is 11.1 Å². The average molecular weight is 359 g/mol. The highest BCUT2D eigenvalue weighted by Crippen LogP contribution is 2.24. The van der Waals surface area contributed by atoms with Gasteiger partial charge in [0.05, 0.1) is 0 Å². The zero-order valence-electron chi connectivity index (χ0n) is 16.0. The Bertz CT molecular complexity index is 901. The van der Waals surface area contributed by atoms with Crippen molar-refractivity contribution < 1.29 is 9.53 Å². The second-order valence-corrected chi connectivity index (χ2v) is 6.60. The Morgan fingerprint density at radius 3 is 2.26 bits per heavy atom. The van der Waals surface area contributed by atoms with Crippen LogP contribution in [0.4, 0.5) is 5.69 Å². The van der Waals surface area contributed by atoms with E-state index >= 15 is 0 Å². The van der Waals surface area contributed by atoms with E-state index in [1.165, 1.54) is 0 Å². The lowest BCUT2D eigenvalue weighted by atomic mass is 10.1. The molecule has 0 bridgehead atoms. The molecular formula is C24H25NO2. The van der Waals surface area contributed by atoms with E-state index in [0.29, 0.717) is 5.75 Å². The molecule has 0 unspecified atom stereocenters. The highest BCUT2D eigenvalue weighted by molar-refractivity contribution is 5.95. The number of aryl methyl sites for hydroxylation is 2. The molecule has 0 aliphatic rings. The van der Waals surface area contributed by atoms with Gasteiger partial charge in [-0.15, -0.1) is 0 Å². The Balaban J connectivity index is 1.67. The Kier molecular flexibility index (Phi) is 5.92. The quantitative estimate of drug-likeness (QED) is 0.619. The van der Waals surface area contributed by atoms with E-state index in [9.17, 15) is 4.79 Å². The lowest BCUT2D eigenvalue weighted by Gasteiger charge is -2.18. The molecule has 0 spiro atoms. The van der Waals surface area contributed by atoms with Crippen molar-refractivity contribution in [3.63, 3.8) is 0 Å². The first-order valence-electron chi connectivity index (χ1n) is 9.30. The molecule has 0 saturated heterocycles. The Morgan fingerprint density at radius 2 is 1.59 bits per heavy atom. The molecule has 3 nitrogen and oxygen atoms in total. The van der Waals surface area contributed by atoms with Crippen molar-refractivity contribution in [2.75, 3.05) is 5.32 Å². The minimum atomic E-state index is -0.586. The largest absolute Gasteiger partial charge is 0.481 e. The fourth-order valence-electron chi connectivity index (χ4n) is 3.04. The molecule has 3 heteroatoms. The summed E-state index contributed by atoms with van der Waals surface area (Å²) in [5.74, 6) is 0.531. The fourth-order valence-corrected chi connectivity index (χ4v) is 3.04. The van der Waals surface area contributed by atoms with Gasteiger partial charge in [0, 0.05) is 5.69 Å². The van der Waals surface area contributed by atoms with E-state index in [1.54, 1.807) is 6.92 Å². The van der Waals surface area contributed by atoms with E-state index in [-0.39, 0.29) is 5.91 Å². The first-order valence-corrected chi connectivity index (χ1v) is 9.30. The maximum Gasteiger partial charge on any atom is 0.265 e. The molecule has 0 saturated carbocycles. The zero-order chi connectivity index (χ0) is 19.2. The highest BCUT2D eigenvalue weighted by atomic mass is 16.5. The number of nitrogens with one attached hydrogen (secondary N) is 1. The van der Waals surface area contributed by atoms with Gasteiger partial charge in [0.1, 0.15) is 5.75 Å². The van der Waals surface area contributed by atoms with Crippen molar-refractivity contribution in [2.45, 2.75) is 33.3 Å². The van der Waals surface area contributed by atoms with Crippen molar-refractivity contribution in [3.05, 3.63) is 83.9 Å². The Hall–Kier alpha value is -3.07. The summed E-state index contributed by atoms with van der Waals surface area (Å²) in [5.41, 5.74) is 5.35. The molecule has 0 heterocycles. The van der Waals surface area contributed by atoms with Crippen molar-refractivity contribution in [3.8, 4) is 16.9 Å². The molecular weight excluding hydrogens is 334 g/mol. The SMILES string of the molecule is CCc1cccc(C)c1NC(=O)[C@H](C)Oc1ccc(-c2ccccc2)cc1. The molecule has 0 aromatic heterocycles. The normalized spacial score (nSPS) is 11.7.